The number of carbonyl (C=O) groups is 3. The fraction of sp³-hybridized carbons (Fsp3) is 0.475. The highest BCUT2D eigenvalue weighted by atomic mass is 32.1. The van der Waals surface area contributed by atoms with Crippen LogP contribution in [-0.4, -0.2) is 69.5 Å². The summed E-state index contributed by atoms with van der Waals surface area (Å²) in [6, 6.07) is 18.3. The van der Waals surface area contributed by atoms with E-state index in [0.717, 1.165) is 28.2 Å². The van der Waals surface area contributed by atoms with Crippen LogP contribution in [0.5, 0.6) is 0 Å². The van der Waals surface area contributed by atoms with Crippen LogP contribution in [0.15, 0.2) is 82.8 Å². The summed E-state index contributed by atoms with van der Waals surface area (Å²) in [6.07, 6.45) is 6.61. The number of rotatable bonds is 18. The zero-order valence-corrected chi connectivity index (χ0v) is 31.6. The first-order valence-corrected chi connectivity index (χ1v) is 19.3. The van der Waals surface area contributed by atoms with E-state index < -0.39 is 30.3 Å². The summed E-state index contributed by atoms with van der Waals surface area (Å²) in [5, 5.41) is 27.3. The third-order valence-electron chi connectivity index (χ3n) is 9.61. The van der Waals surface area contributed by atoms with Gasteiger partial charge in [-0.3, -0.25) is 4.79 Å². The molecular weight excluding hydrogens is 693 g/mol. The average molecular weight is 745 g/mol. The zero-order valence-electron chi connectivity index (χ0n) is 30.8. The lowest BCUT2D eigenvalue weighted by Crippen LogP contribution is -2.55. The van der Waals surface area contributed by atoms with Crippen molar-refractivity contribution in [2.75, 3.05) is 7.05 Å². The number of alkyl carbamates (subject to hydrolysis) is 1. The Morgan fingerprint density at radius 1 is 0.962 bits per heavy atom. The van der Waals surface area contributed by atoms with Crippen LogP contribution in [0.1, 0.15) is 73.5 Å². The molecule has 1 aliphatic carbocycles. The summed E-state index contributed by atoms with van der Waals surface area (Å²) in [6.45, 7) is 3.98. The van der Waals surface area contributed by atoms with Crippen molar-refractivity contribution in [2.24, 2.45) is 11.8 Å². The molecule has 1 aliphatic rings. The molecule has 4 N–H and O–H groups in total. The van der Waals surface area contributed by atoms with Crippen LogP contribution in [0.3, 0.4) is 0 Å². The lowest BCUT2D eigenvalue weighted by molar-refractivity contribution is -0.124. The van der Waals surface area contributed by atoms with Crippen LogP contribution in [0, 0.1) is 11.8 Å². The highest BCUT2D eigenvalue weighted by molar-refractivity contribution is 7.09. The number of aromatic nitrogens is 2. The smallest absolute Gasteiger partial charge is 0.407 e. The Labute approximate surface area is 315 Å². The lowest BCUT2D eigenvalue weighted by atomic mass is 9.93. The van der Waals surface area contributed by atoms with Gasteiger partial charge in [-0.1, -0.05) is 105 Å². The van der Waals surface area contributed by atoms with Gasteiger partial charge >= 0.3 is 12.1 Å². The zero-order chi connectivity index (χ0) is 37.6. The Balaban J connectivity index is 1.24. The van der Waals surface area contributed by atoms with E-state index in [1.807, 2.05) is 79.9 Å². The number of amides is 4. The number of benzene rings is 2. The molecule has 5 rings (SSSR count). The van der Waals surface area contributed by atoms with E-state index in [1.165, 1.54) is 31.9 Å². The fourth-order valence-corrected chi connectivity index (χ4v) is 7.61. The molecule has 0 saturated heterocycles. The SMILES string of the molecule is CC(C)[C@H](NC(=O)N(C)Cc1csc(CC2CCCC2)n1)C(=O)N[C@@H](Cc1ccccc1)C[C@H](O)[C@H](Cc1ccccc1)NC(=O)OCc1ccno1. The largest absolute Gasteiger partial charge is 0.441 e. The van der Waals surface area contributed by atoms with Crippen LogP contribution in [-0.2, 0) is 41.9 Å². The maximum Gasteiger partial charge on any atom is 0.407 e. The number of hydrogen-bond acceptors (Lipinski definition) is 9. The first kappa shape index (κ1) is 39.5. The maximum atomic E-state index is 13.9. The minimum Gasteiger partial charge on any atom is -0.441 e. The van der Waals surface area contributed by atoms with Gasteiger partial charge in [0.05, 0.1) is 35.6 Å². The van der Waals surface area contributed by atoms with Crippen molar-refractivity contribution in [1.29, 1.82) is 0 Å². The van der Waals surface area contributed by atoms with Gasteiger partial charge in [0.25, 0.3) is 0 Å². The Hall–Kier alpha value is -4.75. The predicted octanol–water partition coefficient (Wildman–Crippen LogP) is 6.05. The van der Waals surface area contributed by atoms with E-state index >= 15 is 0 Å². The number of thiazole rings is 1. The summed E-state index contributed by atoms with van der Waals surface area (Å²) in [5.74, 6) is 0.501. The number of nitrogens with one attached hydrogen (secondary N) is 3. The maximum absolute atomic E-state index is 13.9. The number of carbonyl (C=O) groups excluding carboxylic acids is 3. The van der Waals surface area contributed by atoms with Crippen molar-refractivity contribution in [3.8, 4) is 0 Å². The monoisotopic (exact) mass is 744 g/mol. The number of ether oxygens (including phenoxy) is 1. The van der Waals surface area contributed by atoms with Gasteiger partial charge in [-0.05, 0) is 42.2 Å². The third kappa shape index (κ3) is 12.7. The molecule has 12 nitrogen and oxygen atoms in total. The van der Waals surface area contributed by atoms with Gasteiger partial charge in [0, 0.05) is 31.0 Å². The van der Waals surface area contributed by atoms with Gasteiger partial charge < -0.3 is 35.2 Å². The molecule has 2 aromatic carbocycles. The standard InChI is InChI=1S/C40H52N6O6S/c1-27(2)37(45-39(49)46(3)24-32-26-53-36(42-32)22-30-16-10-11-17-30)38(48)43-31(20-28-12-6-4-7-13-28)23-35(47)34(21-29-14-8-5-9-15-29)44-40(50)51-25-33-18-19-41-52-33/h4-9,12-15,18-19,26-27,30-31,34-35,37,47H,10-11,16-17,20-25H2,1-3H3,(H,43,48)(H,44,50)(H,45,49)/t31-,34-,35-,37-/m0/s1. The molecule has 4 aromatic rings. The highest BCUT2D eigenvalue weighted by Crippen LogP contribution is 2.29. The van der Waals surface area contributed by atoms with Crippen LogP contribution in [0.25, 0.3) is 0 Å². The van der Waals surface area contributed by atoms with Crippen LogP contribution >= 0.6 is 11.3 Å². The van der Waals surface area contributed by atoms with E-state index in [-0.39, 0.29) is 30.9 Å². The van der Waals surface area contributed by atoms with E-state index in [9.17, 15) is 19.5 Å². The minimum atomic E-state index is -1.07. The highest BCUT2D eigenvalue weighted by Gasteiger charge is 2.31. The lowest BCUT2D eigenvalue weighted by Gasteiger charge is -2.30. The second kappa shape index (κ2) is 19.9. The van der Waals surface area contributed by atoms with Gasteiger partial charge in [0.1, 0.15) is 6.04 Å². The van der Waals surface area contributed by atoms with Crippen LogP contribution < -0.4 is 16.0 Å². The first-order valence-electron chi connectivity index (χ1n) is 18.5. The molecule has 0 bridgehead atoms. The molecule has 2 aromatic heterocycles. The summed E-state index contributed by atoms with van der Waals surface area (Å²) < 4.78 is 10.4. The molecule has 284 valence electrons. The average Bonchev–Trinajstić information content (AvgIpc) is 3.95. The van der Waals surface area contributed by atoms with Gasteiger partial charge in [-0.15, -0.1) is 11.3 Å². The van der Waals surface area contributed by atoms with Crippen LogP contribution in [0.2, 0.25) is 0 Å². The molecule has 0 radical (unpaired) electrons. The van der Waals surface area contributed by atoms with Gasteiger partial charge in [0.2, 0.25) is 5.91 Å². The Kier molecular flexibility index (Phi) is 14.8. The van der Waals surface area contributed by atoms with Crippen molar-refractivity contribution < 1.29 is 28.8 Å². The van der Waals surface area contributed by atoms with E-state index in [2.05, 4.69) is 21.1 Å². The van der Waals surface area contributed by atoms with Crippen molar-refractivity contribution >= 4 is 29.4 Å². The number of aliphatic hydroxyl groups excluding tert-OH is 1. The topological polar surface area (TPSA) is 159 Å². The quantitative estimate of drug-likeness (QED) is 0.0960. The second-order valence-electron chi connectivity index (χ2n) is 14.3. The predicted molar refractivity (Wildman–Crippen MR) is 203 cm³/mol. The molecule has 1 fully saturated rings. The van der Waals surface area contributed by atoms with Gasteiger partial charge in [-0.25, -0.2) is 14.6 Å². The van der Waals surface area contributed by atoms with E-state index in [4.69, 9.17) is 14.2 Å². The molecular formula is C40H52N6O6S. The van der Waals surface area contributed by atoms with Crippen molar-refractivity contribution in [3.05, 3.63) is 106 Å². The molecule has 1 saturated carbocycles. The van der Waals surface area contributed by atoms with Crippen molar-refractivity contribution in [3.63, 3.8) is 0 Å². The van der Waals surface area contributed by atoms with E-state index in [0.29, 0.717) is 31.1 Å². The molecule has 13 heteroatoms. The fourth-order valence-electron chi connectivity index (χ4n) is 6.71. The van der Waals surface area contributed by atoms with E-state index in [1.54, 1.807) is 29.4 Å². The molecule has 4 atom stereocenters. The Morgan fingerprint density at radius 3 is 2.28 bits per heavy atom. The van der Waals surface area contributed by atoms with Crippen molar-refractivity contribution in [2.45, 2.75) is 103 Å². The second-order valence-corrected chi connectivity index (χ2v) is 15.3. The van der Waals surface area contributed by atoms with Gasteiger partial charge in [-0.2, -0.15) is 0 Å². The number of urea groups is 1. The molecule has 0 unspecified atom stereocenters. The number of aliphatic hydroxyl groups is 1. The molecule has 0 spiro atoms. The Morgan fingerprint density at radius 2 is 1.64 bits per heavy atom. The summed E-state index contributed by atoms with van der Waals surface area (Å²) >= 11 is 1.64. The summed E-state index contributed by atoms with van der Waals surface area (Å²) in [5.41, 5.74) is 2.71. The Bertz CT molecular complexity index is 1700. The third-order valence-corrected chi connectivity index (χ3v) is 10.5. The summed E-state index contributed by atoms with van der Waals surface area (Å²) in [7, 11) is 1.70. The number of nitrogens with zero attached hydrogens (tertiary/aromatic N) is 3. The summed E-state index contributed by atoms with van der Waals surface area (Å²) in [4.78, 5) is 46.6. The first-order chi connectivity index (χ1) is 25.6. The molecule has 0 aliphatic heterocycles. The minimum absolute atomic E-state index is 0.116. The molecule has 2 heterocycles. The normalized spacial score (nSPS) is 15.3. The molecule has 4 amide bonds. The van der Waals surface area contributed by atoms with Crippen LogP contribution in [0.4, 0.5) is 9.59 Å². The molecule has 53 heavy (non-hydrogen) atoms. The van der Waals surface area contributed by atoms with Crippen molar-refractivity contribution in [1.82, 2.24) is 31.0 Å². The van der Waals surface area contributed by atoms with Gasteiger partial charge in [0.15, 0.2) is 12.4 Å². The number of hydrogen-bond donors (Lipinski definition) is 4.